The number of rotatable bonds is 6. The van der Waals surface area contributed by atoms with E-state index in [1.807, 2.05) is 24.3 Å². The molecule has 0 radical (unpaired) electrons. The second kappa shape index (κ2) is 7.85. The summed E-state index contributed by atoms with van der Waals surface area (Å²) >= 11 is 5.00. The monoisotopic (exact) mass is 381 g/mol. The number of anilines is 1. The van der Waals surface area contributed by atoms with Gasteiger partial charge in [-0.2, -0.15) is 0 Å². The number of amides is 1. The summed E-state index contributed by atoms with van der Waals surface area (Å²) in [6.45, 7) is 8.63. The van der Waals surface area contributed by atoms with Crippen molar-refractivity contribution in [2.75, 3.05) is 18.4 Å². The van der Waals surface area contributed by atoms with E-state index >= 15 is 0 Å². The lowest BCUT2D eigenvalue weighted by atomic mass is 10.1. The second-order valence-corrected chi connectivity index (χ2v) is 6.94. The minimum Gasteiger partial charge on any atom is -0.302 e. The van der Waals surface area contributed by atoms with Crippen molar-refractivity contribution in [3.63, 3.8) is 0 Å². The Morgan fingerprint density at radius 3 is 2.45 bits per heavy atom. The molecule has 0 aliphatic rings. The fourth-order valence-electron chi connectivity index (χ4n) is 2.15. The largest absolute Gasteiger partial charge is 0.302 e. The van der Waals surface area contributed by atoms with Crippen molar-refractivity contribution in [1.29, 1.82) is 0 Å². The zero-order chi connectivity index (χ0) is 16.1. The molecule has 0 spiro atoms. The molecule has 0 fully saturated rings. The zero-order valence-electron chi connectivity index (χ0n) is 13.0. The SMILES string of the molecule is CCN(CC)Cc1sc(NC(C)=O)nc1-c1ccc(Br)cc1. The molecule has 6 heteroatoms. The Bertz CT molecular complexity index is 635. The molecule has 0 saturated carbocycles. The number of nitrogens with one attached hydrogen (secondary N) is 1. The molecule has 1 N–H and O–H groups in total. The van der Waals surface area contributed by atoms with Crippen LogP contribution in [0.2, 0.25) is 0 Å². The molecule has 1 amide bonds. The number of hydrogen-bond acceptors (Lipinski definition) is 4. The molecule has 22 heavy (non-hydrogen) atoms. The van der Waals surface area contributed by atoms with Crippen LogP contribution in [0.3, 0.4) is 0 Å². The summed E-state index contributed by atoms with van der Waals surface area (Å²) in [5.74, 6) is -0.0921. The van der Waals surface area contributed by atoms with Crippen molar-refractivity contribution >= 4 is 38.3 Å². The van der Waals surface area contributed by atoms with Gasteiger partial charge in [0.2, 0.25) is 5.91 Å². The van der Waals surface area contributed by atoms with Crippen LogP contribution in [-0.2, 0) is 11.3 Å². The first kappa shape index (κ1) is 17.1. The molecule has 1 heterocycles. The van der Waals surface area contributed by atoms with E-state index < -0.39 is 0 Å². The third-order valence-corrected chi connectivity index (χ3v) is 4.84. The molecule has 0 unspecified atom stereocenters. The van der Waals surface area contributed by atoms with Crippen molar-refractivity contribution in [2.45, 2.75) is 27.3 Å². The van der Waals surface area contributed by atoms with E-state index in [4.69, 9.17) is 0 Å². The summed E-state index contributed by atoms with van der Waals surface area (Å²) in [5.41, 5.74) is 2.02. The minimum absolute atomic E-state index is 0.0921. The third-order valence-electron chi connectivity index (χ3n) is 3.36. The Kier molecular flexibility index (Phi) is 6.11. The fraction of sp³-hybridized carbons (Fsp3) is 0.375. The number of thiazole rings is 1. The Morgan fingerprint density at radius 1 is 1.27 bits per heavy atom. The lowest BCUT2D eigenvalue weighted by Crippen LogP contribution is -2.21. The molecule has 1 aromatic carbocycles. The zero-order valence-corrected chi connectivity index (χ0v) is 15.4. The quantitative estimate of drug-likeness (QED) is 0.807. The molecular formula is C16H20BrN3OS. The Hall–Kier alpha value is -1.24. The number of hydrogen-bond donors (Lipinski definition) is 1. The van der Waals surface area contributed by atoms with Crippen LogP contribution >= 0.6 is 27.3 Å². The van der Waals surface area contributed by atoms with E-state index in [1.165, 1.54) is 11.8 Å². The highest BCUT2D eigenvalue weighted by Gasteiger charge is 2.15. The van der Waals surface area contributed by atoms with Gasteiger partial charge in [0.15, 0.2) is 5.13 Å². The first-order valence-electron chi connectivity index (χ1n) is 7.29. The highest BCUT2D eigenvalue weighted by Crippen LogP contribution is 2.32. The van der Waals surface area contributed by atoms with Gasteiger partial charge in [0.1, 0.15) is 0 Å². The second-order valence-electron chi connectivity index (χ2n) is 4.94. The predicted octanol–water partition coefficient (Wildman–Crippen LogP) is 4.37. The molecular weight excluding hydrogens is 362 g/mol. The maximum Gasteiger partial charge on any atom is 0.223 e. The van der Waals surface area contributed by atoms with E-state index in [2.05, 4.69) is 45.0 Å². The topological polar surface area (TPSA) is 45.2 Å². The average Bonchev–Trinajstić information content (AvgIpc) is 2.87. The highest BCUT2D eigenvalue weighted by molar-refractivity contribution is 9.10. The fourth-order valence-corrected chi connectivity index (χ4v) is 3.48. The third kappa shape index (κ3) is 4.38. The van der Waals surface area contributed by atoms with Crippen molar-refractivity contribution < 1.29 is 4.79 Å². The number of halogens is 1. The summed E-state index contributed by atoms with van der Waals surface area (Å²) < 4.78 is 1.04. The normalized spacial score (nSPS) is 11.0. The van der Waals surface area contributed by atoms with Gasteiger partial charge >= 0.3 is 0 Å². The van der Waals surface area contributed by atoms with Gasteiger partial charge < -0.3 is 5.32 Å². The van der Waals surface area contributed by atoms with Crippen LogP contribution < -0.4 is 5.32 Å². The summed E-state index contributed by atoms with van der Waals surface area (Å²) in [5, 5.41) is 3.46. The number of nitrogens with zero attached hydrogens (tertiary/aromatic N) is 2. The number of carbonyl (C=O) groups is 1. The van der Waals surface area contributed by atoms with Gasteiger partial charge in [-0.15, -0.1) is 0 Å². The summed E-state index contributed by atoms with van der Waals surface area (Å²) in [6, 6.07) is 8.10. The first-order valence-corrected chi connectivity index (χ1v) is 8.90. The molecule has 0 atom stereocenters. The number of carbonyl (C=O) groups excluding carboxylic acids is 1. The van der Waals surface area contributed by atoms with Gasteiger partial charge in [0, 0.05) is 28.4 Å². The summed E-state index contributed by atoms with van der Waals surface area (Å²) in [7, 11) is 0. The van der Waals surface area contributed by atoms with Crippen LogP contribution in [0.5, 0.6) is 0 Å². The van der Waals surface area contributed by atoms with Crippen LogP contribution in [0.1, 0.15) is 25.6 Å². The average molecular weight is 382 g/mol. The van der Waals surface area contributed by atoms with Crippen LogP contribution in [0.4, 0.5) is 5.13 Å². The van der Waals surface area contributed by atoms with Crippen LogP contribution in [-0.4, -0.2) is 28.9 Å². The molecule has 118 valence electrons. The Morgan fingerprint density at radius 2 is 1.91 bits per heavy atom. The number of benzene rings is 1. The molecule has 0 bridgehead atoms. The van der Waals surface area contributed by atoms with E-state index in [0.29, 0.717) is 5.13 Å². The van der Waals surface area contributed by atoms with Crippen molar-refractivity contribution in [1.82, 2.24) is 9.88 Å². The van der Waals surface area contributed by atoms with E-state index in [1.54, 1.807) is 11.3 Å². The molecule has 1 aromatic heterocycles. The molecule has 2 rings (SSSR count). The summed E-state index contributed by atoms with van der Waals surface area (Å²) in [6.07, 6.45) is 0. The van der Waals surface area contributed by atoms with Crippen LogP contribution in [0.15, 0.2) is 28.7 Å². The van der Waals surface area contributed by atoms with E-state index in [0.717, 1.165) is 35.4 Å². The molecule has 0 saturated heterocycles. The van der Waals surface area contributed by atoms with Crippen LogP contribution in [0.25, 0.3) is 11.3 Å². The molecule has 0 aliphatic carbocycles. The smallest absolute Gasteiger partial charge is 0.223 e. The van der Waals surface area contributed by atoms with Crippen molar-refractivity contribution in [3.05, 3.63) is 33.6 Å². The van der Waals surface area contributed by atoms with E-state index in [-0.39, 0.29) is 5.91 Å². The maximum atomic E-state index is 11.3. The Labute approximate surface area is 143 Å². The van der Waals surface area contributed by atoms with Gasteiger partial charge in [-0.3, -0.25) is 9.69 Å². The Balaban J connectivity index is 2.38. The molecule has 2 aromatic rings. The van der Waals surface area contributed by atoms with Gasteiger partial charge in [-0.25, -0.2) is 4.98 Å². The first-order chi connectivity index (χ1) is 10.5. The van der Waals surface area contributed by atoms with Crippen molar-refractivity contribution in [2.24, 2.45) is 0 Å². The van der Waals surface area contributed by atoms with Gasteiger partial charge in [0.05, 0.1) is 5.69 Å². The van der Waals surface area contributed by atoms with Gasteiger partial charge in [-0.1, -0.05) is 53.2 Å². The summed E-state index contributed by atoms with van der Waals surface area (Å²) in [4.78, 5) is 19.4. The minimum atomic E-state index is -0.0921. The molecule has 0 aliphatic heterocycles. The number of aromatic nitrogens is 1. The standard InChI is InChI=1S/C16H20BrN3OS/c1-4-20(5-2)10-14-15(12-6-8-13(17)9-7-12)19-16(22-14)18-11(3)21/h6-9H,4-5,10H2,1-3H3,(H,18,19,21). The predicted molar refractivity (Wildman–Crippen MR) is 96.2 cm³/mol. The van der Waals surface area contributed by atoms with Gasteiger partial charge in [-0.05, 0) is 25.2 Å². The van der Waals surface area contributed by atoms with Crippen molar-refractivity contribution in [3.8, 4) is 11.3 Å². The van der Waals surface area contributed by atoms with Gasteiger partial charge in [0.25, 0.3) is 0 Å². The lowest BCUT2D eigenvalue weighted by molar-refractivity contribution is -0.114. The van der Waals surface area contributed by atoms with E-state index in [9.17, 15) is 4.79 Å². The van der Waals surface area contributed by atoms with Crippen LogP contribution in [0, 0.1) is 0 Å². The highest BCUT2D eigenvalue weighted by atomic mass is 79.9. The molecule has 4 nitrogen and oxygen atoms in total. The maximum absolute atomic E-state index is 11.3. The lowest BCUT2D eigenvalue weighted by Gasteiger charge is -2.17.